The molecule has 1 unspecified atom stereocenters. The predicted octanol–water partition coefficient (Wildman–Crippen LogP) is 3.88. The Labute approximate surface area is 133 Å². The van der Waals surface area contributed by atoms with Crippen LogP contribution in [0, 0.1) is 5.82 Å². The van der Waals surface area contributed by atoms with Gasteiger partial charge >= 0.3 is 0 Å². The molecule has 1 aliphatic rings. The Balaban J connectivity index is 2.12. The normalized spacial score (nSPS) is 20.3. The largest absolute Gasteiger partial charge is 0.323 e. The highest BCUT2D eigenvalue weighted by Crippen LogP contribution is 2.30. The van der Waals surface area contributed by atoms with Gasteiger partial charge in [0.15, 0.2) is 0 Å². The lowest BCUT2D eigenvalue weighted by Gasteiger charge is -2.32. The van der Waals surface area contributed by atoms with Crippen molar-refractivity contribution in [3.63, 3.8) is 0 Å². The summed E-state index contributed by atoms with van der Waals surface area (Å²) in [5.41, 5.74) is 1.56. The molecule has 2 aromatic rings. The lowest BCUT2D eigenvalue weighted by atomic mass is 10.1. The van der Waals surface area contributed by atoms with Crippen molar-refractivity contribution in [3.8, 4) is 0 Å². The van der Waals surface area contributed by atoms with Crippen molar-refractivity contribution in [1.82, 2.24) is 14.5 Å². The summed E-state index contributed by atoms with van der Waals surface area (Å²) in [5, 5.41) is 0.144. The molecule has 3 nitrogen and oxygen atoms in total. The second-order valence-corrected chi connectivity index (χ2v) is 6.44. The monoisotopic (exact) mass is 329 g/mol. The number of likely N-dealkylation sites (tertiary alicyclic amines) is 1. The van der Waals surface area contributed by atoms with Crippen LogP contribution in [0.2, 0.25) is 5.02 Å². The fourth-order valence-corrected chi connectivity index (χ4v) is 3.49. The van der Waals surface area contributed by atoms with Crippen molar-refractivity contribution in [3.05, 3.63) is 28.8 Å². The van der Waals surface area contributed by atoms with Gasteiger partial charge in [0.2, 0.25) is 0 Å². The number of imidazole rings is 1. The summed E-state index contributed by atoms with van der Waals surface area (Å²) in [5.74, 6) is 0.996. The van der Waals surface area contributed by atoms with E-state index >= 15 is 0 Å². The lowest BCUT2D eigenvalue weighted by molar-refractivity contribution is 0.212. The van der Waals surface area contributed by atoms with E-state index < -0.39 is 5.82 Å². The van der Waals surface area contributed by atoms with Gasteiger partial charge in [0.05, 0.1) is 16.1 Å². The second kappa shape index (κ2) is 6.11. The number of nitrogens with zero attached hydrogens (tertiary/aromatic N) is 3. The summed E-state index contributed by atoms with van der Waals surface area (Å²) < 4.78 is 15.9. The molecule has 0 radical (unpaired) electrons. The third-order valence-electron chi connectivity index (χ3n) is 4.09. The van der Waals surface area contributed by atoms with E-state index in [-0.39, 0.29) is 5.02 Å². The number of aryl methyl sites for hydroxylation is 1. The first-order valence-corrected chi connectivity index (χ1v) is 8.11. The summed E-state index contributed by atoms with van der Waals surface area (Å²) >= 11 is 11.9. The SMILES string of the molecule is CN1CCCC(n2c(CCCl)nc3cc(F)c(Cl)cc32)C1. The highest BCUT2D eigenvalue weighted by Gasteiger charge is 2.24. The zero-order valence-corrected chi connectivity index (χ0v) is 13.5. The Kier molecular flexibility index (Phi) is 4.38. The Hall–Kier alpha value is -0.840. The van der Waals surface area contributed by atoms with Gasteiger partial charge < -0.3 is 9.47 Å². The summed E-state index contributed by atoms with van der Waals surface area (Å²) in [4.78, 5) is 6.88. The topological polar surface area (TPSA) is 21.1 Å². The van der Waals surface area contributed by atoms with Crippen LogP contribution in [-0.2, 0) is 6.42 Å². The molecule has 0 N–H and O–H groups in total. The van der Waals surface area contributed by atoms with E-state index in [1.165, 1.54) is 6.07 Å². The maximum atomic E-state index is 13.7. The number of alkyl halides is 1. The molecule has 2 heterocycles. The highest BCUT2D eigenvalue weighted by atomic mass is 35.5. The van der Waals surface area contributed by atoms with E-state index in [1.54, 1.807) is 6.07 Å². The summed E-state index contributed by atoms with van der Waals surface area (Å²) in [6.07, 6.45) is 2.92. The molecule has 0 spiro atoms. The number of piperidine rings is 1. The van der Waals surface area contributed by atoms with Gasteiger partial charge in [-0.3, -0.25) is 0 Å². The highest BCUT2D eigenvalue weighted by molar-refractivity contribution is 6.31. The third kappa shape index (κ3) is 2.89. The fraction of sp³-hybridized carbons (Fsp3) is 0.533. The number of rotatable bonds is 3. The molecule has 1 atom stereocenters. The number of hydrogen-bond donors (Lipinski definition) is 0. The van der Waals surface area contributed by atoms with Crippen molar-refractivity contribution in [1.29, 1.82) is 0 Å². The van der Waals surface area contributed by atoms with Gasteiger partial charge in [-0.15, -0.1) is 11.6 Å². The number of benzene rings is 1. The Bertz CT molecular complexity index is 656. The van der Waals surface area contributed by atoms with Crippen LogP contribution >= 0.6 is 23.2 Å². The Morgan fingerprint density at radius 3 is 2.95 bits per heavy atom. The van der Waals surface area contributed by atoms with Crippen LogP contribution in [0.4, 0.5) is 4.39 Å². The zero-order chi connectivity index (χ0) is 15.0. The molecule has 0 aliphatic carbocycles. The van der Waals surface area contributed by atoms with Gasteiger partial charge in [0.25, 0.3) is 0 Å². The standard InChI is InChI=1S/C15H18Cl2FN3/c1-20-6-2-3-10(9-20)21-14-7-11(17)12(18)8-13(14)19-15(21)4-5-16/h7-8,10H,2-6,9H2,1H3. The molecule has 0 amide bonds. The van der Waals surface area contributed by atoms with E-state index in [9.17, 15) is 4.39 Å². The van der Waals surface area contributed by atoms with Gasteiger partial charge in [-0.1, -0.05) is 11.6 Å². The molecular weight excluding hydrogens is 312 g/mol. The molecule has 1 aromatic carbocycles. The number of likely N-dealkylation sites (N-methyl/N-ethyl adjacent to an activating group) is 1. The van der Waals surface area contributed by atoms with Crippen LogP contribution in [0.25, 0.3) is 11.0 Å². The van der Waals surface area contributed by atoms with Crippen LogP contribution in [0.15, 0.2) is 12.1 Å². The molecule has 1 fully saturated rings. The van der Waals surface area contributed by atoms with E-state index in [1.807, 2.05) is 0 Å². The van der Waals surface area contributed by atoms with Crippen molar-refractivity contribution < 1.29 is 4.39 Å². The van der Waals surface area contributed by atoms with Crippen LogP contribution in [-0.4, -0.2) is 40.5 Å². The molecule has 0 bridgehead atoms. The lowest BCUT2D eigenvalue weighted by Crippen LogP contribution is -2.34. The first-order valence-electron chi connectivity index (χ1n) is 7.20. The third-order valence-corrected chi connectivity index (χ3v) is 4.57. The van der Waals surface area contributed by atoms with E-state index in [2.05, 4.69) is 21.5 Å². The molecule has 6 heteroatoms. The molecule has 3 rings (SSSR count). The van der Waals surface area contributed by atoms with Gasteiger partial charge in [0.1, 0.15) is 11.6 Å². The first kappa shape index (κ1) is 15.1. The first-order chi connectivity index (χ1) is 10.1. The predicted molar refractivity (Wildman–Crippen MR) is 84.9 cm³/mol. The van der Waals surface area contributed by atoms with Crippen molar-refractivity contribution in [2.24, 2.45) is 0 Å². The maximum Gasteiger partial charge on any atom is 0.144 e. The average molecular weight is 330 g/mol. The summed E-state index contributed by atoms with van der Waals surface area (Å²) in [6, 6.07) is 3.44. The number of aromatic nitrogens is 2. The molecule has 21 heavy (non-hydrogen) atoms. The summed E-state index contributed by atoms with van der Waals surface area (Å²) in [6.45, 7) is 2.08. The molecule has 114 valence electrons. The van der Waals surface area contributed by atoms with Crippen LogP contribution in [0.1, 0.15) is 24.7 Å². The smallest absolute Gasteiger partial charge is 0.144 e. The molecule has 1 saturated heterocycles. The quantitative estimate of drug-likeness (QED) is 0.797. The summed E-state index contributed by atoms with van der Waals surface area (Å²) in [7, 11) is 2.12. The van der Waals surface area contributed by atoms with Crippen molar-refractivity contribution in [2.75, 3.05) is 26.0 Å². The Morgan fingerprint density at radius 2 is 2.24 bits per heavy atom. The van der Waals surface area contributed by atoms with E-state index in [0.29, 0.717) is 23.9 Å². The number of halogens is 3. The average Bonchev–Trinajstić information content (AvgIpc) is 2.77. The van der Waals surface area contributed by atoms with Gasteiger partial charge in [-0.25, -0.2) is 9.37 Å². The number of hydrogen-bond acceptors (Lipinski definition) is 2. The van der Waals surface area contributed by atoms with E-state index in [4.69, 9.17) is 23.2 Å². The zero-order valence-electron chi connectivity index (χ0n) is 12.0. The fourth-order valence-electron chi connectivity index (χ4n) is 3.16. The minimum absolute atomic E-state index is 0.144. The van der Waals surface area contributed by atoms with Crippen LogP contribution in [0.5, 0.6) is 0 Å². The van der Waals surface area contributed by atoms with Gasteiger partial charge in [-0.2, -0.15) is 0 Å². The molecule has 0 saturated carbocycles. The van der Waals surface area contributed by atoms with Crippen LogP contribution < -0.4 is 0 Å². The molecular formula is C15H18Cl2FN3. The molecule has 1 aliphatic heterocycles. The Morgan fingerprint density at radius 1 is 1.43 bits per heavy atom. The minimum atomic E-state index is -0.424. The van der Waals surface area contributed by atoms with Gasteiger partial charge in [-0.05, 0) is 32.5 Å². The maximum absolute atomic E-state index is 13.7. The minimum Gasteiger partial charge on any atom is -0.323 e. The van der Waals surface area contributed by atoms with Crippen molar-refractivity contribution in [2.45, 2.75) is 25.3 Å². The molecule has 1 aromatic heterocycles. The number of fused-ring (bicyclic) bond motifs is 1. The van der Waals surface area contributed by atoms with Gasteiger partial charge in [0, 0.05) is 31.0 Å². The van der Waals surface area contributed by atoms with Crippen molar-refractivity contribution >= 4 is 34.2 Å². The van der Waals surface area contributed by atoms with E-state index in [0.717, 1.165) is 37.3 Å². The second-order valence-electron chi connectivity index (χ2n) is 5.65. The van der Waals surface area contributed by atoms with Crippen LogP contribution in [0.3, 0.4) is 0 Å².